The van der Waals surface area contributed by atoms with E-state index in [1.54, 1.807) is 58.8 Å². The first-order valence-corrected chi connectivity index (χ1v) is 10.0. The molecule has 0 fully saturated rings. The van der Waals surface area contributed by atoms with Crippen molar-refractivity contribution in [3.8, 4) is 28.7 Å². The molecule has 0 spiro atoms. The van der Waals surface area contributed by atoms with Crippen molar-refractivity contribution < 1.29 is 28.5 Å². The monoisotopic (exact) mass is 437 g/mol. The average molecular weight is 437 g/mol. The zero-order valence-electron chi connectivity index (χ0n) is 18.6. The van der Waals surface area contributed by atoms with Crippen LogP contribution in [-0.2, 0) is 13.2 Å². The van der Waals surface area contributed by atoms with Gasteiger partial charge in [0.25, 0.3) is 5.91 Å². The van der Waals surface area contributed by atoms with E-state index in [9.17, 15) is 4.79 Å². The van der Waals surface area contributed by atoms with E-state index in [1.807, 2.05) is 30.3 Å². The topological polar surface area (TPSA) is 75.2 Å². The summed E-state index contributed by atoms with van der Waals surface area (Å²) in [4.78, 5) is 12.7. The van der Waals surface area contributed by atoms with Crippen molar-refractivity contribution in [2.75, 3.05) is 28.4 Å². The summed E-state index contributed by atoms with van der Waals surface area (Å²) in [5, 5.41) is 2.90. The quantitative estimate of drug-likeness (QED) is 0.512. The SMILES string of the molecule is COc1cc(OC)c(OC)cc1CNC(=O)c1ccc(OCc2ccccc2)c(OC)c1. The van der Waals surface area contributed by atoms with Gasteiger partial charge in [0, 0.05) is 23.7 Å². The Labute approximate surface area is 187 Å². The zero-order chi connectivity index (χ0) is 22.9. The van der Waals surface area contributed by atoms with Crippen LogP contribution in [0.3, 0.4) is 0 Å². The number of benzene rings is 3. The van der Waals surface area contributed by atoms with Crippen molar-refractivity contribution in [3.05, 3.63) is 77.4 Å². The molecule has 0 radical (unpaired) electrons. The van der Waals surface area contributed by atoms with Gasteiger partial charge in [-0.3, -0.25) is 4.79 Å². The number of amides is 1. The van der Waals surface area contributed by atoms with Crippen LogP contribution in [0.25, 0.3) is 0 Å². The van der Waals surface area contributed by atoms with E-state index in [0.29, 0.717) is 40.9 Å². The molecule has 0 aliphatic rings. The normalized spacial score (nSPS) is 10.2. The molecule has 168 valence electrons. The van der Waals surface area contributed by atoms with Crippen molar-refractivity contribution in [1.82, 2.24) is 5.32 Å². The van der Waals surface area contributed by atoms with E-state index >= 15 is 0 Å². The molecule has 0 aliphatic heterocycles. The summed E-state index contributed by atoms with van der Waals surface area (Å²) in [7, 11) is 6.21. The lowest BCUT2D eigenvalue weighted by molar-refractivity contribution is 0.0950. The van der Waals surface area contributed by atoms with E-state index in [0.717, 1.165) is 11.1 Å². The lowest BCUT2D eigenvalue weighted by Crippen LogP contribution is -2.23. The number of rotatable bonds is 10. The van der Waals surface area contributed by atoms with Crippen molar-refractivity contribution in [2.24, 2.45) is 0 Å². The predicted molar refractivity (Wildman–Crippen MR) is 121 cm³/mol. The third-order valence-corrected chi connectivity index (χ3v) is 4.89. The molecule has 0 saturated carbocycles. The Balaban J connectivity index is 1.70. The zero-order valence-corrected chi connectivity index (χ0v) is 18.6. The Morgan fingerprint density at radius 1 is 0.719 bits per heavy atom. The van der Waals surface area contributed by atoms with Crippen LogP contribution >= 0.6 is 0 Å². The molecule has 1 N–H and O–H groups in total. The largest absolute Gasteiger partial charge is 0.496 e. The first-order valence-electron chi connectivity index (χ1n) is 10.0. The number of ether oxygens (including phenoxy) is 5. The van der Waals surface area contributed by atoms with Gasteiger partial charge in [-0.25, -0.2) is 0 Å². The Kier molecular flexibility index (Phi) is 7.80. The van der Waals surface area contributed by atoms with Gasteiger partial charge < -0.3 is 29.0 Å². The van der Waals surface area contributed by atoms with Gasteiger partial charge in [-0.05, 0) is 29.8 Å². The minimum Gasteiger partial charge on any atom is -0.496 e. The molecule has 0 unspecified atom stereocenters. The summed E-state index contributed by atoms with van der Waals surface area (Å²) in [6.07, 6.45) is 0. The van der Waals surface area contributed by atoms with Crippen molar-refractivity contribution in [1.29, 1.82) is 0 Å². The molecule has 0 aromatic heterocycles. The van der Waals surface area contributed by atoms with E-state index in [2.05, 4.69) is 5.32 Å². The highest BCUT2D eigenvalue weighted by Crippen LogP contribution is 2.34. The van der Waals surface area contributed by atoms with Crippen molar-refractivity contribution >= 4 is 5.91 Å². The minimum absolute atomic E-state index is 0.247. The number of methoxy groups -OCH3 is 4. The van der Waals surface area contributed by atoms with Gasteiger partial charge in [0.2, 0.25) is 0 Å². The van der Waals surface area contributed by atoms with Crippen LogP contribution < -0.4 is 29.0 Å². The fraction of sp³-hybridized carbons (Fsp3) is 0.240. The van der Waals surface area contributed by atoms with Crippen LogP contribution in [-0.4, -0.2) is 34.3 Å². The van der Waals surface area contributed by atoms with Gasteiger partial charge in [0.05, 0.1) is 28.4 Å². The highest BCUT2D eigenvalue weighted by molar-refractivity contribution is 5.94. The molecular formula is C25H27NO6. The molecular weight excluding hydrogens is 410 g/mol. The predicted octanol–water partition coefficient (Wildman–Crippen LogP) is 4.23. The molecule has 0 bridgehead atoms. The maximum absolute atomic E-state index is 12.7. The smallest absolute Gasteiger partial charge is 0.251 e. The molecule has 0 aliphatic carbocycles. The van der Waals surface area contributed by atoms with E-state index in [1.165, 1.54) is 0 Å². The fourth-order valence-corrected chi connectivity index (χ4v) is 3.17. The van der Waals surface area contributed by atoms with Gasteiger partial charge in [-0.2, -0.15) is 0 Å². The second-order valence-corrected chi connectivity index (χ2v) is 6.84. The first kappa shape index (κ1) is 22.8. The second-order valence-electron chi connectivity index (χ2n) is 6.84. The molecule has 7 heteroatoms. The third kappa shape index (κ3) is 5.43. The molecule has 0 heterocycles. The summed E-state index contributed by atoms with van der Waals surface area (Å²) < 4.78 is 27.3. The number of carbonyl (C=O) groups excluding carboxylic acids is 1. The summed E-state index contributed by atoms with van der Waals surface area (Å²) >= 11 is 0. The minimum atomic E-state index is -0.255. The third-order valence-electron chi connectivity index (χ3n) is 4.89. The van der Waals surface area contributed by atoms with E-state index in [4.69, 9.17) is 23.7 Å². The van der Waals surface area contributed by atoms with E-state index in [-0.39, 0.29) is 12.5 Å². The molecule has 32 heavy (non-hydrogen) atoms. The number of carbonyl (C=O) groups is 1. The molecule has 7 nitrogen and oxygen atoms in total. The Bertz CT molecular complexity index is 1050. The summed E-state index contributed by atoms with van der Waals surface area (Å²) in [5.74, 6) is 2.49. The summed E-state index contributed by atoms with van der Waals surface area (Å²) in [6, 6.07) is 18.4. The van der Waals surface area contributed by atoms with Gasteiger partial charge >= 0.3 is 0 Å². The molecule has 3 rings (SSSR count). The molecule has 3 aromatic carbocycles. The molecule has 3 aromatic rings. The molecule has 0 saturated heterocycles. The van der Waals surface area contributed by atoms with Crippen molar-refractivity contribution in [2.45, 2.75) is 13.2 Å². The van der Waals surface area contributed by atoms with Gasteiger partial charge in [0.1, 0.15) is 12.4 Å². The van der Waals surface area contributed by atoms with Gasteiger partial charge in [-0.15, -0.1) is 0 Å². The highest BCUT2D eigenvalue weighted by Gasteiger charge is 2.15. The second kappa shape index (κ2) is 10.9. The molecule has 0 atom stereocenters. The van der Waals surface area contributed by atoms with Crippen LogP contribution in [0.1, 0.15) is 21.5 Å². The highest BCUT2D eigenvalue weighted by atomic mass is 16.5. The Morgan fingerprint density at radius 3 is 2.00 bits per heavy atom. The van der Waals surface area contributed by atoms with Crippen LogP contribution in [0.4, 0.5) is 0 Å². The Morgan fingerprint density at radius 2 is 1.34 bits per heavy atom. The van der Waals surface area contributed by atoms with Gasteiger partial charge in [-0.1, -0.05) is 30.3 Å². The fourth-order valence-electron chi connectivity index (χ4n) is 3.17. The van der Waals surface area contributed by atoms with E-state index < -0.39 is 0 Å². The van der Waals surface area contributed by atoms with Crippen LogP contribution in [0.5, 0.6) is 28.7 Å². The van der Waals surface area contributed by atoms with Crippen LogP contribution in [0.2, 0.25) is 0 Å². The Hall–Kier alpha value is -3.87. The number of hydrogen-bond acceptors (Lipinski definition) is 6. The lowest BCUT2D eigenvalue weighted by Gasteiger charge is -2.15. The van der Waals surface area contributed by atoms with Crippen LogP contribution in [0.15, 0.2) is 60.7 Å². The summed E-state index contributed by atoms with van der Waals surface area (Å²) in [6.45, 7) is 0.652. The lowest BCUT2D eigenvalue weighted by atomic mass is 10.1. The average Bonchev–Trinajstić information content (AvgIpc) is 2.85. The maximum atomic E-state index is 12.7. The number of hydrogen-bond donors (Lipinski definition) is 1. The summed E-state index contributed by atoms with van der Waals surface area (Å²) in [5.41, 5.74) is 2.25. The standard InChI is InChI=1S/C25H27NO6/c1-28-21-14-24(31-4)23(30-3)13-19(21)15-26-25(27)18-10-11-20(22(12-18)29-2)32-16-17-8-6-5-7-9-17/h5-14H,15-16H2,1-4H3,(H,26,27). The van der Waals surface area contributed by atoms with Crippen LogP contribution in [0, 0.1) is 0 Å². The van der Waals surface area contributed by atoms with Gasteiger partial charge in [0.15, 0.2) is 23.0 Å². The maximum Gasteiger partial charge on any atom is 0.251 e. The van der Waals surface area contributed by atoms with Crippen molar-refractivity contribution in [3.63, 3.8) is 0 Å². The molecule has 1 amide bonds. The number of nitrogens with one attached hydrogen (secondary N) is 1. The first-order chi connectivity index (χ1) is 15.6.